The van der Waals surface area contributed by atoms with Crippen LogP contribution in [0.5, 0.6) is 11.5 Å². The van der Waals surface area contributed by atoms with E-state index in [1.165, 1.54) is 25.0 Å². The van der Waals surface area contributed by atoms with E-state index in [1.807, 2.05) is 40.8 Å². The van der Waals surface area contributed by atoms with E-state index in [-0.39, 0.29) is 23.6 Å². The number of rotatable bonds is 7. The predicted molar refractivity (Wildman–Crippen MR) is 166 cm³/mol. The molecular weight excluding hydrogens is 580 g/mol. The number of ether oxygens (including phenoxy) is 4. The van der Waals surface area contributed by atoms with E-state index in [0.29, 0.717) is 59.5 Å². The van der Waals surface area contributed by atoms with Gasteiger partial charge >= 0.3 is 6.09 Å². The maximum absolute atomic E-state index is 12.9. The van der Waals surface area contributed by atoms with E-state index >= 15 is 0 Å². The van der Waals surface area contributed by atoms with Gasteiger partial charge in [0.2, 0.25) is 0 Å². The Morgan fingerprint density at radius 3 is 2.47 bits per heavy atom. The SMILES string of the molecule is COc1cc(OC)cc(-n2nc(-c3nc(-c4cnn(C[C@H]5CN(C(=O)OC(C)(C)C)C(C)(C)CO5)c4)cnc3N)ccc2=O)c1. The molecule has 1 amide bonds. The highest BCUT2D eigenvalue weighted by atomic mass is 16.6. The minimum absolute atomic E-state index is 0.146. The molecule has 1 fully saturated rings. The summed E-state index contributed by atoms with van der Waals surface area (Å²) >= 11 is 0. The highest BCUT2D eigenvalue weighted by Gasteiger charge is 2.40. The van der Waals surface area contributed by atoms with Gasteiger partial charge in [-0.2, -0.15) is 14.9 Å². The van der Waals surface area contributed by atoms with Gasteiger partial charge in [0.15, 0.2) is 5.82 Å². The summed E-state index contributed by atoms with van der Waals surface area (Å²) in [5.41, 5.74) is 7.03. The van der Waals surface area contributed by atoms with Crippen LogP contribution >= 0.6 is 0 Å². The van der Waals surface area contributed by atoms with Gasteiger partial charge in [-0.3, -0.25) is 14.4 Å². The molecule has 1 saturated heterocycles. The van der Waals surface area contributed by atoms with Crippen molar-refractivity contribution in [3.05, 3.63) is 59.3 Å². The number of anilines is 1. The number of amides is 1. The van der Waals surface area contributed by atoms with Gasteiger partial charge < -0.3 is 24.7 Å². The molecule has 4 heterocycles. The summed E-state index contributed by atoms with van der Waals surface area (Å²) in [6, 6.07) is 7.96. The fourth-order valence-electron chi connectivity index (χ4n) is 4.82. The highest BCUT2D eigenvalue weighted by Crippen LogP contribution is 2.28. The number of nitrogens with two attached hydrogens (primary N) is 1. The van der Waals surface area contributed by atoms with E-state index < -0.39 is 11.1 Å². The van der Waals surface area contributed by atoms with Gasteiger partial charge in [0.1, 0.15) is 28.5 Å². The second kappa shape index (κ2) is 12.2. The van der Waals surface area contributed by atoms with Gasteiger partial charge in [-0.15, -0.1) is 0 Å². The molecule has 2 N–H and O–H groups in total. The third-order valence-electron chi connectivity index (χ3n) is 7.15. The van der Waals surface area contributed by atoms with Gasteiger partial charge in [-0.1, -0.05) is 0 Å². The molecule has 0 saturated carbocycles. The molecule has 1 aliphatic rings. The third-order valence-corrected chi connectivity index (χ3v) is 7.15. The minimum Gasteiger partial charge on any atom is -0.497 e. The van der Waals surface area contributed by atoms with E-state index in [1.54, 1.807) is 46.2 Å². The fourth-order valence-corrected chi connectivity index (χ4v) is 4.82. The first-order chi connectivity index (χ1) is 21.3. The molecule has 14 heteroatoms. The van der Waals surface area contributed by atoms with Crippen LogP contribution in [0.2, 0.25) is 0 Å². The molecule has 0 bridgehead atoms. The smallest absolute Gasteiger partial charge is 0.410 e. The quantitative estimate of drug-likeness (QED) is 0.322. The number of methoxy groups -OCH3 is 2. The van der Waals surface area contributed by atoms with Crippen molar-refractivity contribution < 1.29 is 23.7 Å². The first-order valence-corrected chi connectivity index (χ1v) is 14.4. The van der Waals surface area contributed by atoms with Crippen molar-refractivity contribution >= 4 is 11.9 Å². The number of benzene rings is 1. The molecule has 3 aromatic heterocycles. The van der Waals surface area contributed by atoms with Crippen molar-refractivity contribution in [2.75, 3.05) is 33.1 Å². The molecule has 238 valence electrons. The number of carbonyl (C=O) groups is 1. The molecule has 1 aromatic carbocycles. The third kappa shape index (κ3) is 7.06. The monoisotopic (exact) mass is 618 g/mol. The van der Waals surface area contributed by atoms with Gasteiger partial charge in [-0.25, -0.2) is 14.8 Å². The Hall–Kier alpha value is -4.98. The van der Waals surface area contributed by atoms with Crippen molar-refractivity contribution in [2.24, 2.45) is 0 Å². The molecule has 5 rings (SSSR count). The molecular formula is C31H38N8O6. The second-order valence-corrected chi connectivity index (χ2v) is 12.3. The zero-order valence-corrected chi connectivity index (χ0v) is 26.5. The summed E-state index contributed by atoms with van der Waals surface area (Å²) in [6.45, 7) is 10.5. The lowest BCUT2D eigenvalue weighted by molar-refractivity contribution is -0.103. The number of carbonyl (C=O) groups excluding carboxylic acids is 1. The molecule has 45 heavy (non-hydrogen) atoms. The van der Waals surface area contributed by atoms with Crippen molar-refractivity contribution in [1.29, 1.82) is 0 Å². The average Bonchev–Trinajstić information content (AvgIpc) is 3.45. The number of nitrogen functional groups attached to an aromatic ring is 1. The normalized spacial score (nSPS) is 16.3. The molecule has 14 nitrogen and oxygen atoms in total. The first kappa shape index (κ1) is 31.4. The number of aromatic nitrogens is 6. The van der Waals surface area contributed by atoms with E-state index in [4.69, 9.17) is 29.7 Å². The van der Waals surface area contributed by atoms with Gasteiger partial charge in [0, 0.05) is 36.0 Å². The number of hydrogen-bond acceptors (Lipinski definition) is 11. The minimum atomic E-state index is -0.605. The molecule has 0 aliphatic carbocycles. The van der Waals surface area contributed by atoms with Gasteiger partial charge in [0.25, 0.3) is 5.56 Å². The Morgan fingerprint density at radius 2 is 1.80 bits per heavy atom. The zero-order valence-electron chi connectivity index (χ0n) is 26.5. The van der Waals surface area contributed by atoms with Crippen LogP contribution < -0.4 is 20.8 Å². The number of nitrogens with zero attached hydrogens (tertiary/aromatic N) is 7. The molecule has 1 aliphatic heterocycles. The lowest BCUT2D eigenvalue weighted by Crippen LogP contribution is -2.59. The van der Waals surface area contributed by atoms with Crippen LogP contribution in [0.25, 0.3) is 28.3 Å². The van der Waals surface area contributed by atoms with E-state index in [0.717, 1.165) is 0 Å². The first-order valence-electron chi connectivity index (χ1n) is 14.4. The molecule has 1 atom stereocenters. The summed E-state index contributed by atoms with van der Waals surface area (Å²) in [4.78, 5) is 36.5. The van der Waals surface area contributed by atoms with Crippen LogP contribution in [0.3, 0.4) is 0 Å². The summed E-state index contributed by atoms with van der Waals surface area (Å²) in [6.07, 6.45) is 4.36. The van der Waals surface area contributed by atoms with Crippen LogP contribution in [-0.4, -0.2) is 85.1 Å². The van der Waals surface area contributed by atoms with Crippen molar-refractivity contribution in [2.45, 2.75) is 58.4 Å². The summed E-state index contributed by atoms with van der Waals surface area (Å²) in [5.74, 6) is 1.15. The van der Waals surface area contributed by atoms with Crippen LogP contribution in [0, 0.1) is 0 Å². The Kier molecular flexibility index (Phi) is 8.52. The Balaban J connectivity index is 1.38. The predicted octanol–water partition coefficient (Wildman–Crippen LogP) is 3.57. The highest BCUT2D eigenvalue weighted by molar-refractivity contribution is 5.70. The topological polar surface area (TPSA) is 162 Å². The van der Waals surface area contributed by atoms with E-state index in [9.17, 15) is 9.59 Å². The Labute approximate surface area is 260 Å². The molecule has 0 radical (unpaired) electrons. The summed E-state index contributed by atoms with van der Waals surface area (Å²) < 4.78 is 25.4. The van der Waals surface area contributed by atoms with Crippen LogP contribution in [0.4, 0.5) is 10.6 Å². The largest absolute Gasteiger partial charge is 0.497 e. The summed E-state index contributed by atoms with van der Waals surface area (Å²) in [5, 5.41) is 9.02. The Bertz CT molecular complexity index is 1740. The maximum atomic E-state index is 12.9. The lowest BCUT2D eigenvalue weighted by Gasteiger charge is -2.45. The van der Waals surface area contributed by atoms with Crippen molar-refractivity contribution in [1.82, 2.24) is 34.4 Å². The molecule has 0 spiro atoms. The lowest BCUT2D eigenvalue weighted by atomic mass is 10.0. The van der Waals surface area contributed by atoms with Gasteiger partial charge in [0.05, 0.1) is 69.3 Å². The Morgan fingerprint density at radius 1 is 1.09 bits per heavy atom. The molecule has 0 unspecified atom stereocenters. The maximum Gasteiger partial charge on any atom is 0.410 e. The van der Waals surface area contributed by atoms with Crippen LogP contribution in [-0.2, 0) is 16.0 Å². The van der Waals surface area contributed by atoms with Crippen molar-refractivity contribution in [3.63, 3.8) is 0 Å². The van der Waals surface area contributed by atoms with Crippen LogP contribution in [0.15, 0.2) is 53.7 Å². The van der Waals surface area contributed by atoms with Crippen molar-refractivity contribution in [3.8, 4) is 39.8 Å². The number of hydrogen-bond donors (Lipinski definition) is 1. The fraction of sp³-hybridized carbons (Fsp3) is 0.419. The van der Waals surface area contributed by atoms with Gasteiger partial charge in [-0.05, 0) is 40.7 Å². The zero-order chi connectivity index (χ0) is 32.5. The van der Waals surface area contributed by atoms with E-state index in [2.05, 4.69) is 15.2 Å². The average molecular weight is 619 g/mol. The number of morpholine rings is 1. The molecule has 4 aromatic rings. The summed E-state index contributed by atoms with van der Waals surface area (Å²) in [7, 11) is 3.05. The second-order valence-electron chi connectivity index (χ2n) is 12.3. The van der Waals surface area contributed by atoms with Crippen LogP contribution in [0.1, 0.15) is 34.6 Å². The standard InChI is InChI=1S/C31H38N8O6/c1-30(2,3)45-29(41)38-17-23(44-18-31(38,4)5)16-37-15-19(13-34-37)25-14-33-28(32)27(35-25)24-8-9-26(40)39(36-24)20-10-21(42-6)12-22(11-20)43-7/h8-15,23H,16-18H2,1-7H3,(H2,32,33)/t23-/m0/s1.